The lowest BCUT2D eigenvalue weighted by Crippen LogP contribution is -2.10. The number of ether oxygens (including phenoxy) is 1. The zero-order chi connectivity index (χ0) is 12.3. The minimum Gasteiger partial charge on any atom is -0.465 e. The van der Waals surface area contributed by atoms with Crippen LogP contribution in [0.25, 0.3) is 0 Å². The van der Waals surface area contributed by atoms with Crippen molar-refractivity contribution in [1.29, 1.82) is 0 Å². The van der Waals surface area contributed by atoms with Crippen LogP contribution in [0.3, 0.4) is 0 Å². The van der Waals surface area contributed by atoms with Gasteiger partial charge < -0.3 is 4.74 Å². The Morgan fingerprint density at radius 1 is 1.06 bits per heavy atom. The van der Waals surface area contributed by atoms with Gasteiger partial charge in [0.2, 0.25) is 0 Å². The number of carbonyl (C=O) groups is 1. The molecule has 2 heteroatoms. The molecule has 0 spiro atoms. The molecule has 0 fully saturated rings. The Bertz CT molecular complexity index is 233. The Morgan fingerprint density at radius 3 is 2.47 bits per heavy atom. The number of hydrogen-bond donors (Lipinski definition) is 0. The number of cyclic esters (lactones) is 1. The predicted octanol–water partition coefficient (Wildman–Crippen LogP) is 4.25. The van der Waals surface area contributed by atoms with Crippen molar-refractivity contribution in [2.24, 2.45) is 5.92 Å². The van der Waals surface area contributed by atoms with E-state index in [2.05, 4.69) is 19.1 Å². The molecule has 0 N–H and O–H groups in total. The Hall–Kier alpha value is -0.790. The van der Waals surface area contributed by atoms with Crippen LogP contribution in [0.5, 0.6) is 0 Å². The second kappa shape index (κ2) is 9.26. The van der Waals surface area contributed by atoms with Crippen molar-refractivity contribution in [1.82, 2.24) is 0 Å². The maximum absolute atomic E-state index is 11.4. The van der Waals surface area contributed by atoms with Gasteiger partial charge in [-0.05, 0) is 19.3 Å². The molecule has 17 heavy (non-hydrogen) atoms. The summed E-state index contributed by atoms with van der Waals surface area (Å²) in [6, 6.07) is 0. The highest BCUT2D eigenvalue weighted by molar-refractivity contribution is 5.69. The molecule has 0 saturated carbocycles. The summed E-state index contributed by atoms with van der Waals surface area (Å²) >= 11 is 0. The number of carbonyl (C=O) groups excluding carboxylic acids is 1. The first-order chi connectivity index (χ1) is 8.29. The van der Waals surface area contributed by atoms with Crippen LogP contribution < -0.4 is 0 Å². The zero-order valence-electron chi connectivity index (χ0n) is 11.1. The summed E-state index contributed by atoms with van der Waals surface area (Å²) in [5.41, 5.74) is 0. The molecule has 0 saturated heterocycles. The molecule has 98 valence electrons. The van der Waals surface area contributed by atoms with Crippen LogP contribution in [0.1, 0.15) is 64.7 Å². The minimum absolute atomic E-state index is 0.0277. The maximum atomic E-state index is 11.4. The summed E-state index contributed by atoms with van der Waals surface area (Å²) < 4.78 is 5.24. The van der Waals surface area contributed by atoms with Gasteiger partial charge in [-0.15, -0.1) is 0 Å². The first kappa shape index (κ1) is 14.3. The molecule has 0 bridgehead atoms. The molecule has 0 aromatic rings. The number of rotatable bonds is 0. The number of hydrogen-bond acceptors (Lipinski definition) is 2. The molecular weight excluding hydrogens is 212 g/mol. The highest BCUT2D eigenvalue weighted by Crippen LogP contribution is 2.12. The lowest BCUT2D eigenvalue weighted by Gasteiger charge is -2.08. The Labute approximate surface area is 105 Å². The average molecular weight is 238 g/mol. The van der Waals surface area contributed by atoms with Gasteiger partial charge in [0.25, 0.3) is 0 Å². The van der Waals surface area contributed by atoms with Crippen molar-refractivity contribution in [3.63, 3.8) is 0 Å². The summed E-state index contributed by atoms with van der Waals surface area (Å²) in [5, 5.41) is 0. The van der Waals surface area contributed by atoms with Gasteiger partial charge in [-0.2, -0.15) is 0 Å². The molecule has 0 unspecified atom stereocenters. The SMILES string of the molecule is C[C@H]1/C=C\CCCCCCCCCC(=O)OC1. The van der Waals surface area contributed by atoms with Crippen molar-refractivity contribution >= 4 is 5.97 Å². The van der Waals surface area contributed by atoms with Crippen LogP contribution in [-0.4, -0.2) is 12.6 Å². The van der Waals surface area contributed by atoms with Gasteiger partial charge in [-0.1, -0.05) is 51.2 Å². The van der Waals surface area contributed by atoms with Crippen molar-refractivity contribution in [3.8, 4) is 0 Å². The lowest BCUT2D eigenvalue weighted by molar-refractivity contribution is -0.144. The van der Waals surface area contributed by atoms with E-state index in [0.29, 0.717) is 18.9 Å². The van der Waals surface area contributed by atoms with Crippen molar-refractivity contribution in [2.75, 3.05) is 6.61 Å². The molecule has 0 aromatic heterocycles. The largest absolute Gasteiger partial charge is 0.465 e. The molecule has 0 aromatic carbocycles. The Balaban J connectivity index is 2.31. The average Bonchev–Trinajstić information content (AvgIpc) is 2.33. The van der Waals surface area contributed by atoms with Gasteiger partial charge >= 0.3 is 5.97 Å². The summed E-state index contributed by atoms with van der Waals surface area (Å²) in [5.74, 6) is 0.323. The third kappa shape index (κ3) is 8.00. The first-order valence-electron chi connectivity index (χ1n) is 7.11. The molecule has 1 aliphatic heterocycles. The summed E-state index contributed by atoms with van der Waals surface area (Å²) in [6.45, 7) is 2.64. The van der Waals surface area contributed by atoms with Crippen LogP contribution in [-0.2, 0) is 9.53 Å². The fourth-order valence-electron chi connectivity index (χ4n) is 2.10. The number of esters is 1. The van der Waals surface area contributed by atoms with Crippen molar-refractivity contribution in [3.05, 3.63) is 12.2 Å². The second-order valence-electron chi connectivity index (χ2n) is 5.10. The van der Waals surface area contributed by atoms with E-state index in [1.807, 2.05) is 0 Å². The van der Waals surface area contributed by atoms with Crippen molar-refractivity contribution in [2.45, 2.75) is 64.7 Å². The van der Waals surface area contributed by atoms with Gasteiger partial charge in [-0.25, -0.2) is 0 Å². The molecule has 1 rings (SSSR count). The third-order valence-electron chi connectivity index (χ3n) is 3.22. The molecular formula is C15H26O2. The van der Waals surface area contributed by atoms with E-state index in [0.717, 1.165) is 12.8 Å². The molecule has 0 aliphatic carbocycles. The zero-order valence-corrected chi connectivity index (χ0v) is 11.1. The highest BCUT2D eigenvalue weighted by Gasteiger charge is 2.05. The Kier molecular flexibility index (Phi) is 7.78. The number of allylic oxidation sites excluding steroid dienone is 1. The van der Waals surface area contributed by atoms with Crippen molar-refractivity contribution < 1.29 is 9.53 Å². The molecule has 2 nitrogen and oxygen atoms in total. The van der Waals surface area contributed by atoms with Gasteiger partial charge in [0.1, 0.15) is 0 Å². The summed E-state index contributed by atoms with van der Waals surface area (Å²) in [7, 11) is 0. The van der Waals surface area contributed by atoms with Gasteiger partial charge in [-0.3, -0.25) is 4.79 Å². The van der Waals surface area contributed by atoms with Gasteiger partial charge in [0, 0.05) is 12.3 Å². The lowest BCUT2D eigenvalue weighted by atomic mass is 10.1. The summed E-state index contributed by atoms with van der Waals surface area (Å²) in [4.78, 5) is 11.4. The van der Waals surface area contributed by atoms with E-state index in [-0.39, 0.29) is 5.97 Å². The molecule has 0 amide bonds. The summed E-state index contributed by atoms with van der Waals surface area (Å²) in [6.07, 6.45) is 14.9. The van der Waals surface area contributed by atoms with E-state index >= 15 is 0 Å². The van der Waals surface area contributed by atoms with Crippen LogP contribution in [0.4, 0.5) is 0 Å². The van der Waals surface area contributed by atoms with Crippen LogP contribution in [0, 0.1) is 5.92 Å². The van der Waals surface area contributed by atoms with Crippen LogP contribution in [0.15, 0.2) is 12.2 Å². The van der Waals surface area contributed by atoms with E-state index in [1.165, 1.54) is 38.5 Å². The van der Waals surface area contributed by atoms with Crippen LogP contribution in [0.2, 0.25) is 0 Å². The second-order valence-corrected chi connectivity index (χ2v) is 5.10. The van der Waals surface area contributed by atoms with E-state index in [4.69, 9.17) is 4.74 Å². The normalized spacial score (nSPS) is 27.6. The fourth-order valence-corrected chi connectivity index (χ4v) is 2.10. The topological polar surface area (TPSA) is 26.3 Å². The molecule has 0 radical (unpaired) electrons. The maximum Gasteiger partial charge on any atom is 0.305 e. The van der Waals surface area contributed by atoms with Gasteiger partial charge in [0.15, 0.2) is 0 Å². The van der Waals surface area contributed by atoms with E-state index in [1.54, 1.807) is 0 Å². The molecule has 1 atom stereocenters. The standard InChI is InChI=1S/C15H26O2/c1-14-11-9-7-5-3-2-4-6-8-10-12-15(16)17-13-14/h9,11,14H,2-8,10,12-13H2,1H3/b11-9-/t14-/m0/s1. The fraction of sp³-hybridized carbons (Fsp3) is 0.800. The monoisotopic (exact) mass is 238 g/mol. The minimum atomic E-state index is -0.0277. The van der Waals surface area contributed by atoms with E-state index in [9.17, 15) is 4.79 Å². The van der Waals surface area contributed by atoms with Crippen LogP contribution >= 0.6 is 0 Å². The van der Waals surface area contributed by atoms with E-state index < -0.39 is 0 Å². The molecule has 1 aliphatic rings. The first-order valence-corrected chi connectivity index (χ1v) is 7.11. The predicted molar refractivity (Wildman–Crippen MR) is 70.8 cm³/mol. The highest BCUT2D eigenvalue weighted by atomic mass is 16.5. The molecule has 1 heterocycles. The quantitative estimate of drug-likeness (QED) is 0.466. The smallest absolute Gasteiger partial charge is 0.305 e. The Morgan fingerprint density at radius 2 is 1.71 bits per heavy atom. The third-order valence-corrected chi connectivity index (χ3v) is 3.22. The van der Waals surface area contributed by atoms with Gasteiger partial charge in [0.05, 0.1) is 6.61 Å².